The molecule has 0 spiro atoms. The highest BCUT2D eigenvalue weighted by atomic mass is 19.1. The van der Waals surface area contributed by atoms with Gasteiger partial charge in [-0.2, -0.15) is 0 Å². The summed E-state index contributed by atoms with van der Waals surface area (Å²) < 4.78 is 13.0. The molecule has 0 saturated carbocycles. The summed E-state index contributed by atoms with van der Waals surface area (Å²) in [5.41, 5.74) is 1.58. The second-order valence-electron chi connectivity index (χ2n) is 3.80. The molecule has 0 heterocycles. The smallest absolute Gasteiger partial charge is 0.236 e. The van der Waals surface area contributed by atoms with Crippen LogP contribution in [0.1, 0.15) is 18.1 Å². The lowest BCUT2D eigenvalue weighted by molar-refractivity contribution is -0.122. The van der Waals surface area contributed by atoms with Gasteiger partial charge in [0.2, 0.25) is 5.91 Å². The van der Waals surface area contributed by atoms with E-state index in [-0.39, 0.29) is 17.8 Å². The molecule has 0 saturated heterocycles. The molecule has 0 bridgehead atoms. The Labute approximate surface area is 95.0 Å². The molecule has 1 atom stereocenters. The molecule has 1 rings (SSSR count). The van der Waals surface area contributed by atoms with Gasteiger partial charge < -0.3 is 10.6 Å². The van der Waals surface area contributed by atoms with E-state index in [0.717, 1.165) is 5.56 Å². The highest BCUT2D eigenvalue weighted by molar-refractivity contribution is 5.80. The quantitative estimate of drug-likeness (QED) is 0.810. The average Bonchev–Trinajstić information content (AvgIpc) is 2.29. The van der Waals surface area contributed by atoms with Gasteiger partial charge in [0.25, 0.3) is 0 Å². The maximum absolute atomic E-state index is 13.0. The van der Waals surface area contributed by atoms with Gasteiger partial charge in [-0.25, -0.2) is 4.39 Å². The van der Waals surface area contributed by atoms with Gasteiger partial charge in [-0.05, 0) is 31.0 Å². The summed E-state index contributed by atoms with van der Waals surface area (Å²) in [6, 6.07) is 4.68. The molecule has 0 aliphatic carbocycles. The first-order valence-corrected chi connectivity index (χ1v) is 5.24. The second kappa shape index (κ2) is 5.61. The van der Waals surface area contributed by atoms with Crippen molar-refractivity contribution in [2.75, 3.05) is 7.05 Å². The molecule has 1 unspecified atom stereocenters. The molecular weight excluding hydrogens is 207 g/mol. The van der Waals surface area contributed by atoms with Gasteiger partial charge in [-0.15, -0.1) is 0 Å². The highest BCUT2D eigenvalue weighted by Crippen LogP contribution is 2.09. The van der Waals surface area contributed by atoms with Gasteiger partial charge in [0.15, 0.2) is 0 Å². The van der Waals surface area contributed by atoms with Gasteiger partial charge in [0, 0.05) is 13.6 Å². The van der Waals surface area contributed by atoms with Gasteiger partial charge in [0.1, 0.15) is 5.82 Å². The molecule has 16 heavy (non-hydrogen) atoms. The average molecular weight is 224 g/mol. The predicted octanol–water partition coefficient (Wildman–Crippen LogP) is 1.36. The van der Waals surface area contributed by atoms with Crippen LogP contribution in [0.4, 0.5) is 4.39 Å². The Kier molecular flexibility index (Phi) is 4.43. The molecule has 3 nitrogen and oxygen atoms in total. The third kappa shape index (κ3) is 3.31. The number of carbonyl (C=O) groups is 1. The Bertz CT molecular complexity index is 379. The van der Waals surface area contributed by atoms with E-state index in [1.165, 1.54) is 6.07 Å². The molecule has 0 aliphatic rings. The summed E-state index contributed by atoms with van der Waals surface area (Å²) in [6.07, 6.45) is 0. The van der Waals surface area contributed by atoms with E-state index in [1.54, 1.807) is 33.0 Å². The van der Waals surface area contributed by atoms with E-state index in [1.807, 2.05) is 0 Å². The van der Waals surface area contributed by atoms with E-state index < -0.39 is 0 Å². The number of aryl methyl sites for hydroxylation is 1. The van der Waals surface area contributed by atoms with Crippen molar-refractivity contribution in [3.05, 3.63) is 35.1 Å². The Morgan fingerprint density at radius 3 is 2.75 bits per heavy atom. The van der Waals surface area contributed by atoms with Crippen LogP contribution in [0.15, 0.2) is 18.2 Å². The van der Waals surface area contributed by atoms with Crippen LogP contribution in [0.25, 0.3) is 0 Å². The van der Waals surface area contributed by atoms with Gasteiger partial charge in [-0.3, -0.25) is 4.79 Å². The highest BCUT2D eigenvalue weighted by Gasteiger charge is 2.09. The number of benzene rings is 1. The maximum Gasteiger partial charge on any atom is 0.236 e. The fourth-order valence-corrected chi connectivity index (χ4v) is 1.40. The molecule has 1 amide bonds. The fraction of sp³-hybridized carbons (Fsp3) is 0.417. The van der Waals surface area contributed by atoms with Gasteiger partial charge >= 0.3 is 0 Å². The zero-order chi connectivity index (χ0) is 12.1. The molecule has 1 aromatic rings. The number of amides is 1. The van der Waals surface area contributed by atoms with Crippen molar-refractivity contribution in [3.8, 4) is 0 Å². The molecule has 0 aliphatic heterocycles. The van der Waals surface area contributed by atoms with Gasteiger partial charge in [-0.1, -0.05) is 12.1 Å². The number of halogens is 1. The van der Waals surface area contributed by atoms with Crippen LogP contribution in [0, 0.1) is 12.7 Å². The first kappa shape index (κ1) is 12.6. The van der Waals surface area contributed by atoms with Crippen molar-refractivity contribution in [2.24, 2.45) is 0 Å². The van der Waals surface area contributed by atoms with Crippen molar-refractivity contribution in [3.63, 3.8) is 0 Å². The molecule has 88 valence electrons. The summed E-state index contributed by atoms with van der Waals surface area (Å²) in [6.45, 7) is 4.06. The minimum Gasteiger partial charge on any atom is -0.358 e. The topological polar surface area (TPSA) is 41.1 Å². The SMILES string of the molecule is CNC(=O)C(C)NCc1ccc(F)c(C)c1. The lowest BCUT2D eigenvalue weighted by Gasteiger charge is -2.12. The van der Waals surface area contributed by atoms with Crippen molar-refractivity contribution >= 4 is 5.91 Å². The van der Waals surface area contributed by atoms with Crippen molar-refractivity contribution in [1.29, 1.82) is 0 Å². The second-order valence-corrected chi connectivity index (χ2v) is 3.80. The normalized spacial score (nSPS) is 12.2. The Morgan fingerprint density at radius 2 is 2.19 bits per heavy atom. The fourth-order valence-electron chi connectivity index (χ4n) is 1.40. The Morgan fingerprint density at radius 1 is 1.50 bits per heavy atom. The van der Waals surface area contributed by atoms with E-state index >= 15 is 0 Å². The molecule has 0 radical (unpaired) electrons. The van der Waals surface area contributed by atoms with Crippen molar-refractivity contribution in [2.45, 2.75) is 26.4 Å². The molecule has 2 N–H and O–H groups in total. The molecule has 4 heteroatoms. The summed E-state index contributed by atoms with van der Waals surface area (Å²) >= 11 is 0. The van der Waals surface area contributed by atoms with Crippen LogP contribution in [0.2, 0.25) is 0 Å². The minimum atomic E-state index is -0.254. The lowest BCUT2D eigenvalue weighted by Crippen LogP contribution is -2.40. The van der Waals surface area contributed by atoms with Crippen LogP contribution < -0.4 is 10.6 Å². The summed E-state index contributed by atoms with van der Waals surface area (Å²) in [7, 11) is 1.60. The van der Waals surface area contributed by atoms with Crippen molar-refractivity contribution in [1.82, 2.24) is 10.6 Å². The van der Waals surface area contributed by atoms with E-state index in [2.05, 4.69) is 10.6 Å². The van der Waals surface area contributed by atoms with Crippen LogP contribution in [-0.2, 0) is 11.3 Å². The zero-order valence-electron chi connectivity index (χ0n) is 9.80. The third-order valence-electron chi connectivity index (χ3n) is 2.47. The number of rotatable bonds is 4. The summed E-state index contributed by atoms with van der Waals surface area (Å²) in [4.78, 5) is 11.2. The van der Waals surface area contributed by atoms with Crippen LogP contribution in [0.5, 0.6) is 0 Å². The van der Waals surface area contributed by atoms with Crippen molar-refractivity contribution < 1.29 is 9.18 Å². The number of carbonyl (C=O) groups excluding carboxylic acids is 1. The first-order valence-electron chi connectivity index (χ1n) is 5.24. The van der Waals surface area contributed by atoms with E-state index in [4.69, 9.17) is 0 Å². The number of likely N-dealkylation sites (N-methyl/N-ethyl adjacent to an activating group) is 1. The Hall–Kier alpha value is -1.42. The molecular formula is C12H17FN2O. The van der Waals surface area contributed by atoms with E-state index in [0.29, 0.717) is 12.1 Å². The minimum absolute atomic E-state index is 0.0566. The summed E-state index contributed by atoms with van der Waals surface area (Å²) in [5.74, 6) is -0.262. The lowest BCUT2D eigenvalue weighted by atomic mass is 10.1. The first-order chi connectivity index (χ1) is 7.54. The third-order valence-corrected chi connectivity index (χ3v) is 2.47. The number of hydrogen-bond acceptors (Lipinski definition) is 2. The summed E-state index contributed by atoms with van der Waals surface area (Å²) in [5, 5.41) is 5.62. The van der Waals surface area contributed by atoms with Gasteiger partial charge in [0.05, 0.1) is 6.04 Å². The molecule has 0 aromatic heterocycles. The van der Waals surface area contributed by atoms with Crippen LogP contribution in [0.3, 0.4) is 0 Å². The predicted molar refractivity (Wildman–Crippen MR) is 61.5 cm³/mol. The number of nitrogens with one attached hydrogen (secondary N) is 2. The molecule has 0 fully saturated rings. The molecule has 1 aromatic carbocycles. The Balaban J connectivity index is 2.55. The zero-order valence-corrected chi connectivity index (χ0v) is 9.80. The number of hydrogen-bond donors (Lipinski definition) is 2. The van der Waals surface area contributed by atoms with E-state index in [9.17, 15) is 9.18 Å². The van der Waals surface area contributed by atoms with Crippen LogP contribution in [-0.4, -0.2) is 19.0 Å². The monoisotopic (exact) mass is 224 g/mol. The largest absolute Gasteiger partial charge is 0.358 e. The maximum atomic E-state index is 13.0. The van der Waals surface area contributed by atoms with Crippen LogP contribution >= 0.6 is 0 Å². The standard InChI is InChI=1S/C12H17FN2O/c1-8-6-10(4-5-11(8)13)7-15-9(2)12(16)14-3/h4-6,9,15H,7H2,1-3H3,(H,14,16).